The number of carboxylic acids is 1. The number of para-hydroxylation sites is 1. The number of fused-ring (bicyclic) bond motifs is 1. The van der Waals surface area contributed by atoms with E-state index in [0.29, 0.717) is 24.3 Å². The second kappa shape index (κ2) is 8.23. The van der Waals surface area contributed by atoms with Gasteiger partial charge in [0.1, 0.15) is 22.9 Å². The third-order valence-corrected chi connectivity index (χ3v) is 5.20. The Morgan fingerprint density at radius 1 is 1.03 bits per heavy atom. The van der Waals surface area contributed by atoms with Crippen molar-refractivity contribution in [3.8, 4) is 22.6 Å². The number of rotatable bonds is 4. The van der Waals surface area contributed by atoms with Gasteiger partial charge in [0.25, 0.3) is 0 Å². The Hall–Kier alpha value is -2.89. The SMILES string of the molecule is Cl.NC1(C(=O)O)CCc2ccc(Oc3ccccc3-c3cccc(F)c3)cc2C1. The third kappa shape index (κ3) is 4.26. The summed E-state index contributed by atoms with van der Waals surface area (Å²) in [5.41, 5.74) is 8.29. The van der Waals surface area contributed by atoms with Gasteiger partial charge in [-0.25, -0.2) is 4.39 Å². The van der Waals surface area contributed by atoms with Gasteiger partial charge in [0.15, 0.2) is 0 Å². The molecule has 3 aromatic carbocycles. The molecule has 0 saturated heterocycles. The van der Waals surface area contributed by atoms with Crippen molar-refractivity contribution in [2.45, 2.75) is 24.8 Å². The van der Waals surface area contributed by atoms with Crippen molar-refractivity contribution < 1.29 is 19.0 Å². The summed E-state index contributed by atoms with van der Waals surface area (Å²) in [7, 11) is 0. The van der Waals surface area contributed by atoms with Crippen LogP contribution in [0, 0.1) is 5.82 Å². The van der Waals surface area contributed by atoms with Gasteiger partial charge in [-0.2, -0.15) is 0 Å². The Morgan fingerprint density at radius 2 is 1.83 bits per heavy atom. The molecule has 0 radical (unpaired) electrons. The summed E-state index contributed by atoms with van der Waals surface area (Å²) < 4.78 is 19.7. The molecule has 0 bridgehead atoms. The van der Waals surface area contributed by atoms with Crippen LogP contribution in [0.1, 0.15) is 17.5 Å². The maximum absolute atomic E-state index is 13.6. The zero-order valence-corrected chi connectivity index (χ0v) is 16.4. The van der Waals surface area contributed by atoms with Crippen LogP contribution in [0.15, 0.2) is 66.7 Å². The molecule has 0 saturated carbocycles. The van der Waals surface area contributed by atoms with Crippen molar-refractivity contribution in [2.75, 3.05) is 0 Å². The van der Waals surface area contributed by atoms with Crippen LogP contribution in [-0.4, -0.2) is 16.6 Å². The number of halogens is 2. The molecule has 0 aromatic heterocycles. The van der Waals surface area contributed by atoms with E-state index in [4.69, 9.17) is 10.5 Å². The quantitative estimate of drug-likeness (QED) is 0.632. The van der Waals surface area contributed by atoms with Gasteiger partial charge in [0.05, 0.1) is 0 Å². The zero-order chi connectivity index (χ0) is 19.7. The molecule has 0 aliphatic heterocycles. The molecule has 1 aliphatic carbocycles. The number of hydrogen-bond acceptors (Lipinski definition) is 3. The standard InChI is InChI=1S/C23H20FNO3.ClH/c24-18-5-3-4-16(12-18)20-6-1-2-7-21(20)28-19-9-8-15-10-11-23(25,22(26)27)14-17(15)13-19;/h1-9,12-13H,10-11,14,25H2,(H,26,27);1H. The minimum atomic E-state index is -1.24. The van der Waals surface area contributed by atoms with Crippen LogP contribution in [-0.2, 0) is 17.6 Å². The van der Waals surface area contributed by atoms with Crippen LogP contribution in [0.4, 0.5) is 4.39 Å². The normalized spacial score (nSPS) is 17.7. The maximum Gasteiger partial charge on any atom is 0.324 e. The lowest BCUT2D eigenvalue weighted by Crippen LogP contribution is -2.52. The maximum atomic E-state index is 13.6. The van der Waals surface area contributed by atoms with Crippen molar-refractivity contribution in [3.63, 3.8) is 0 Å². The largest absolute Gasteiger partial charge is 0.480 e. The molecule has 1 atom stereocenters. The molecular formula is C23H21ClFNO3. The van der Waals surface area contributed by atoms with E-state index in [1.807, 2.05) is 48.5 Å². The van der Waals surface area contributed by atoms with Crippen LogP contribution >= 0.6 is 12.4 Å². The first-order chi connectivity index (χ1) is 13.4. The topological polar surface area (TPSA) is 72.6 Å². The highest BCUT2D eigenvalue weighted by Crippen LogP contribution is 2.36. The second-order valence-corrected chi connectivity index (χ2v) is 7.18. The molecule has 4 nitrogen and oxygen atoms in total. The Labute approximate surface area is 174 Å². The first-order valence-corrected chi connectivity index (χ1v) is 9.11. The van der Waals surface area contributed by atoms with E-state index in [0.717, 1.165) is 22.3 Å². The zero-order valence-electron chi connectivity index (χ0n) is 15.6. The fourth-order valence-corrected chi connectivity index (χ4v) is 3.62. The van der Waals surface area contributed by atoms with Gasteiger partial charge in [-0.3, -0.25) is 4.79 Å². The molecule has 0 heterocycles. The molecule has 29 heavy (non-hydrogen) atoms. The Kier molecular flexibility index (Phi) is 5.91. The molecule has 3 N–H and O–H groups in total. The van der Waals surface area contributed by atoms with E-state index >= 15 is 0 Å². The summed E-state index contributed by atoms with van der Waals surface area (Å²) in [6, 6.07) is 19.4. The van der Waals surface area contributed by atoms with Crippen molar-refractivity contribution in [3.05, 3.63) is 83.7 Å². The molecular weight excluding hydrogens is 393 g/mol. The lowest BCUT2D eigenvalue weighted by Gasteiger charge is -2.31. The molecule has 6 heteroatoms. The van der Waals surface area contributed by atoms with Crippen LogP contribution in [0.2, 0.25) is 0 Å². The highest BCUT2D eigenvalue weighted by molar-refractivity contribution is 5.85. The molecule has 3 aromatic rings. The number of carbonyl (C=O) groups is 1. The lowest BCUT2D eigenvalue weighted by atomic mass is 9.78. The highest BCUT2D eigenvalue weighted by Gasteiger charge is 2.37. The second-order valence-electron chi connectivity index (χ2n) is 7.18. The molecule has 0 fully saturated rings. The van der Waals surface area contributed by atoms with Crippen LogP contribution in [0.3, 0.4) is 0 Å². The number of aryl methyl sites for hydroxylation is 1. The van der Waals surface area contributed by atoms with Crippen molar-refractivity contribution in [1.29, 1.82) is 0 Å². The minimum Gasteiger partial charge on any atom is -0.480 e. The van der Waals surface area contributed by atoms with Crippen LogP contribution in [0.5, 0.6) is 11.5 Å². The highest BCUT2D eigenvalue weighted by atomic mass is 35.5. The van der Waals surface area contributed by atoms with Gasteiger partial charge in [-0.05, 0) is 59.9 Å². The number of carboxylic acid groups (broad SMARTS) is 1. The van der Waals surface area contributed by atoms with Gasteiger partial charge in [0, 0.05) is 12.0 Å². The Morgan fingerprint density at radius 3 is 2.59 bits per heavy atom. The summed E-state index contributed by atoms with van der Waals surface area (Å²) in [6.07, 6.45) is 1.30. The average molecular weight is 414 g/mol. The first kappa shape index (κ1) is 20.8. The summed E-state index contributed by atoms with van der Waals surface area (Å²) in [4.78, 5) is 11.5. The van der Waals surface area contributed by atoms with E-state index in [1.165, 1.54) is 12.1 Å². The molecule has 150 valence electrons. The summed E-state index contributed by atoms with van der Waals surface area (Å²) in [5.74, 6) is -0.103. The van der Waals surface area contributed by atoms with Gasteiger partial charge in [-0.1, -0.05) is 36.4 Å². The fourth-order valence-electron chi connectivity index (χ4n) is 3.62. The van der Waals surface area contributed by atoms with Gasteiger partial charge >= 0.3 is 5.97 Å². The predicted molar refractivity (Wildman–Crippen MR) is 112 cm³/mol. The van der Waals surface area contributed by atoms with E-state index in [9.17, 15) is 14.3 Å². The molecule has 1 unspecified atom stereocenters. The van der Waals surface area contributed by atoms with Crippen LogP contribution < -0.4 is 10.5 Å². The van der Waals surface area contributed by atoms with E-state index in [1.54, 1.807) is 6.07 Å². The lowest BCUT2D eigenvalue weighted by molar-refractivity contribution is -0.143. The molecule has 0 amide bonds. The fraction of sp³-hybridized carbons (Fsp3) is 0.174. The number of hydrogen-bond donors (Lipinski definition) is 2. The summed E-state index contributed by atoms with van der Waals surface area (Å²) in [6.45, 7) is 0. The predicted octanol–water partition coefficient (Wildman–Crippen LogP) is 4.98. The van der Waals surface area contributed by atoms with Crippen molar-refractivity contribution >= 4 is 18.4 Å². The van der Waals surface area contributed by atoms with E-state index in [-0.39, 0.29) is 24.6 Å². The minimum absolute atomic E-state index is 0. The van der Waals surface area contributed by atoms with Gasteiger partial charge in [-0.15, -0.1) is 12.4 Å². The van der Waals surface area contributed by atoms with Crippen molar-refractivity contribution in [2.24, 2.45) is 5.73 Å². The monoisotopic (exact) mass is 413 g/mol. The average Bonchev–Trinajstić information content (AvgIpc) is 2.68. The number of benzene rings is 3. The summed E-state index contributed by atoms with van der Waals surface area (Å²) >= 11 is 0. The van der Waals surface area contributed by atoms with E-state index < -0.39 is 11.5 Å². The van der Waals surface area contributed by atoms with Crippen molar-refractivity contribution in [1.82, 2.24) is 0 Å². The Balaban J connectivity index is 0.00000240. The number of nitrogens with two attached hydrogens (primary N) is 1. The van der Waals surface area contributed by atoms with E-state index in [2.05, 4.69) is 0 Å². The molecule has 0 spiro atoms. The third-order valence-electron chi connectivity index (χ3n) is 5.20. The van der Waals surface area contributed by atoms with Gasteiger partial charge in [0.2, 0.25) is 0 Å². The summed E-state index contributed by atoms with van der Waals surface area (Å²) in [5, 5.41) is 9.43. The number of aliphatic carboxylic acids is 1. The Bertz CT molecular complexity index is 1060. The molecule has 4 rings (SSSR count). The van der Waals surface area contributed by atoms with Gasteiger partial charge < -0.3 is 15.6 Å². The smallest absolute Gasteiger partial charge is 0.324 e. The number of ether oxygens (including phenoxy) is 1. The molecule has 1 aliphatic rings. The first-order valence-electron chi connectivity index (χ1n) is 9.11. The van der Waals surface area contributed by atoms with Crippen LogP contribution in [0.25, 0.3) is 11.1 Å².